The Kier molecular flexibility index (Phi) is 5.72. The average Bonchev–Trinajstić information content (AvgIpc) is 2.80. The molecule has 2 atom stereocenters. The third-order valence-corrected chi connectivity index (χ3v) is 3.79. The van der Waals surface area contributed by atoms with Crippen LogP contribution in [0.1, 0.15) is 25.7 Å². The molecule has 0 aliphatic carbocycles. The first-order chi connectivity index (χ1) is 8.85. The van der Waals surface area contributed by atoms with Crippen molar-refractivity contribution in [1.29, 1.82) is 5.26 Å². The maximum Gasteiger partial charge on any atom is 0.240 e. The van der Waals surface area contributed by atoms with Gasteiger partial charge in [-0.3, -0.25) is 4.79 Å². The minimum Gasteiger partial charge on any atom is -0.325 e. The Bertz CT molecular complexity index is 457. The van der Waals surface area contributed by atoms with Crippen molar-refractivity contribution < 1.29 is 13.2 Å². The molecule has 0 radical (unpaired) electrons. The molecule has 8 heteroatoms. The van der Waals surface area contributed by atoms with Crippen LogP contribution in [0.5, 0.6) is 0 Å². The Morgan fingerprint density at radius 1 is 1.63 bits per heavy atom. The van der Waals surface area contributed by atoms with E-state index in [0.29, 0.717) is 25.8 Å². The van der Waals surface area contributed by atoms with E-state index in [1.807, 2.05) is 0 Å². The molecule has 2 unspecified atom stereocenters. The third kappa shape index (κ3) is 5.14. The maximum atomic E-state index is 12.0. The zero-order valence-electron chi connectivity index (χ0n) is 11.0. The summed E-state index contributed by atoms with van der Waals surface area (Å²) in [5, 5.41) is 8.91. The average molecular weight is 288 g/mol. The van der Waals surface area contributed by atoms with Gasteiger partial charge in [0.25, 0.3) is 0 Å². The molecular formula is C11H20N4O3S. The van der Waals surface area contributed by atoms with Crippen molar-refractivity contribution >= 4 is 15.9 Å². The first-order valence-corrected chi connectivity index (χ1v) is 8.14. The molecule has 0 aromatic carbocycles. The third-order valence-electron chi connectivity index (χ3n) is 3.06. The van der Waals surface area contributed by atoms with Crippen molar-refractivity contribution in [3.05, 3.63) is 0 Å². The van der Waals surface area contributed by atoms with E-state index in [1.165, 1.54) is 4.90 Å². The summed E-state index contributed by atoms with van der Waals surface area (Å²) in [5.41, 5.74) is 5.79. The number of amides is 1. The minimum atomic E-state index is -3.20. The van der Waals surface area contributed by atoms with Crippen LogP contribution in [-0.4, -0.2) is 50.7 Å². The van der Waals surface area contributed by atoms with Crippen molar-refractivity contribution in [3.8, 4) is 6.07 Å². The van der Waals surface area contributed by atoms with Crippen LogP contribution in [-0.2, 0) is 14.8 Å². The molecule has 1 aliphatic heterocycles. The molecule has 19 heavy (non-hydrogen) atoms. The second kappa shape index (κ2) is 6.84. The number of likely N-dealkylation sites (tertiary alicyclic amines) is 1. The summed E-state index contributed by atoms with van der Waals surface area (Å²) < 4.78 is 24.0. The van der Waals surface area contributed by atoms with Gasteiger partial charge >= 0.3 is 0 Å². The molecule has 0 aromatic heterocycles. The van der Waals surface area contributed by atoms with E-state index in [2.05, 4.69) is 10.8 Å². The van der Waals surface area contributed by atoms with Crippen molar-refractivity contribution in [3.63, 3.8) is 0 Å². The van der Waals surface area contributed by atoms with Crippen molar-refractivity contribution in [2.45, 2.75) is 37.8 Å². The summed E-state index contributed by atoms with van der Waals surface area (Å²) in [6.07, 6.45) is 3.50. The lowest BCUT2D eigenvalue weighted by Gasteiger charge is -2.23. The van der Waals surface area contributed by atoms with Gasteiger partial charge in [0.2, 0.25) is 15.9 Å². The van der Waals surface area contributed by atoms with E-state index in [9.17, 15) is 13.2 Å². The molecular weight excluding hydrogens is 268 g/mol. The van der Waals surface area contributed by atoms with Crippen molar-refractivity contribution in [2.24, 2.45) is 5.73 Å². The summed E-state index contributed by atoms with van der Waals surface area (Å²) in [4.78, 5) is 13.5. The number of nitrogens with one attached hydrogen (secondary N) is 1. The Hall–Kier alpha value is -1.17. The first-order valence-electron chi connectivity index (χ1n) is 6.25. The van der Waals surface area contributed by atoms with E-state index >= 15 is 0 Å². The van der Waals surface area contributed by atoms with Crippen LogP contribution in [0, 0.1) is 11.3 Å². The summed E-state index contributed by atoms with van der Waals surface area (Å²) in [6.45, 7) is 0.841. The van der Waals surface area contributed by atoms with Crippen LogP contribution < -0.4 is 10.5 Å². The smallest absolute Gasteiger partial charge is 0.240 e. The van der Waals surface area contributed by atoms with Gasteiger partial charge in [-0.2, -0.15) is 5.26 Å². The minimum absolute atomic E-state index is 0.219. The fourth-order valence-electron chi connectivity index (χ4n) is 2.08. The van der Waals surface area contributed by atoms with Gasteiger partial charge in [-0.1, -0.05) is 0 Å². The molecule has 0 saturated carbocycles. The Morgan fingerprint density at radius 2 is 2.32 bits per heavy atom. The quantitative estimate of drug-likeness (QED) is 0.618. The van der Waals surface area contributed by atoms with Crippen molar-refractivity contribution in [2.75, 3.05) is 19.3 Å². The topological polar surface area (TPSA) is 116 Å². The SMILES string of the molecule is CS(=O)(=O)NCCCC(N)C(=O)N1CCCC1C#N. The number of hydrogen-bond donors (Lipinski definition) is 2. The molecule has 1 aliphatic rings. The Morgan fingerprint density at radius 3 is 2.89 bits per heavy atom. The van der Waals surface area contributed by atoms with Gasteiger partial charge in [-0.05, 0) is 25.7 Å². The largest absolute Gasteiger partial charge is 0.325 e. The van der Waals surface area contributed by atoms with Gasteiger partial charge in [0.1, 0.15) is 6.04 Å². The number of nitrogens with zero attached hydrogens (tertiary/aromatic N) is 2. The summed E-state index contributed by atoms with van der Waals surface area (Å²) >= 11 is 0. The molecule has 0 bridgehead atoms. The standard InChI is InChI=1S/C11H20N4O3S/c1-19(17,18)14-6-2-5-10(13)11(16)15-7-3-4-9(15)8-12/h9-10,14H,2-7,13H2,1H3. The predicted molar refractivity (Wildman–Crippen MR) is 70.4 cm³/mol. The maximum absolute atomic E-state index is 12.0. The molecule has 0 aromatic rings. The Labute approximate surface area is 113 Å². The lowest BCUT2D eigenvalue weighted by molar-refractivity contribution is -0.132. The van der Waals surface area contributed by atoms with Gasteiger partial charge in [-0.15, -0.1) is 0 Å². The number of nitriles is 1. The van der Waals surface area contributed by atoms with Gasteiger partial charge in [0.15, 0.2) is 0 Å². The summed E-state index contributed by atoms with van der Waals surface area (Å²) in [6, 6.07) is 1.06. The molecule has 3 N–H and O–H groups in total. The normalized spacial score (nSPS) is 21.1. The zero-order valence-corrected chi connectivity index (χ0v) is 11.8. The molecule has 1 fully saturated rings. The monoisotopic (exact) mass is 288 g/mol. The van der Waals surface area contributed by atoms with Crippen LogP contribution >= 0.6 is 0 Å². The highest BCUT2D eigenvalue weighted by Crippen LogP contribution is 2.17. The second-order valence-corrected chi connectivity index (χ2v) is 6.57. The molecule has 7 nitrogen and oxygen atoms in total. The molecule has 0 spiro atoms. The van der Waals surface area contributed by atoms with Gasteiger partial charge in [0.05, 0.1) is 18.4 Å². The van der Waals surface area contributed by atoms with E-state index in [1.54, 1.807) is 0 Å². The van der Waals surface area contributed by atoms with E-state index in [-0.39, 0.29) is 18.5 Å². The lowest BCUT2D eigenvalue weighted by Crippen LogP contribution is -2.45. The highest BCUT2D eigenvalue weighted by molar-refractivity contribution is 7.88. The summed E-state index contributed by atoms with van der Waals surface area (Å²) in [5.74, 6) is -0.219. The number of sulfonamides is 1. The Balaban J connectivity index is 2.35. The molecule has 1 rings (SSSR count). The van der Waals surface area contributed by atoms with Crippen LogP contribution in [0.15, 0.2) is 0 Å². The fraction of sp³-hybridized carbons (Fsp3) is 0.818. The lowest BCUT2D eigenvalue weighted by atomic mass is 10.1. The number of carbonyl (C=O) groups is 1. The summed E-state index contributed by atoms with van der Waals surface area (Å²) in [7, 11) is -3.20. The molecule has 1 amide bonds. The number of nitrogens with two attached hydrogens (primary N) is 1. The highest BCUT2D eigenvalue weighted by atomic mass is 32.2. The number of rotatable bonds is 6. The fourth-order valence-corrected chi connectivity index (χ4v) is 2.60. The van der Waals surface area contributed by atoms with Crippen LogP contribution in [0.4, 0.5) is 0 Å². The predicted octanol–water partition coefficient (Wildman–Crippen LogP) is -0.842. The molecule has 1 heterocycles. The van der Waals surface area contributed by atoms with Gasteiger partial charge in [-0.25, -0.2) is 13.1 Å². The van der Waals surface area contributed by atoms with Gasteiger partial charge < -0.3 is 10.6 Å². The number of hydrogen-bond acceptors (Lipinski definition) is 5. The molecule has 1 saturated heterocycles. The first kappa shape index (κ1) is 15.9. The molecule has 108 valence electrons. The second-order valence-electron chi connectivity index (χ2n) is 4.73. The number of carbonyl (C=O) groups excluding carboxylic acids is 1. The van der Waals surface area contributed by atoms with Crippen molar-refractivity contribution in [1.82, 2.24) is 9.62 Å². The van der Waals surface area contributed by atoms with E-state index in [0.717, 1.165) is 12.7 Å². The van der Waals surface area contributed by atoms with E-state index < -0.39 is 16.1 Å². The highest BCUT2D eigenvalue weighted by Gasteiger charge is 2.31. The van der Waals surface area contributed by atoms with E-state index in [4.69, 9.17) is 11.0 Å². The van der Waals surface area contributed by atoms with Gasteiger partial charge in [0, 0.05) is 13.1 Å². The van der Waals surface area contributed by atoms with Crippen LogP contribution in [0.25, 0.3) is 0 Å². The zero-order chi connectivity index (χ0) is 14.5. The van der Waals surface area contributed by atoms with Crippen LogP contribution in [0.3, 0.4) is 0 Å². The van der Waals surface area contributed by atoms with Crippen LogP contribution in [0.2, 0.25) is 0 Å².